The van der Waals surface area contributed by atoms with Gasteiger partial charge in [-0.2, -0.15) is 9.97 Å². The molecule has 0 saturated carbocycles. The van der Waals surface area contributed by atoms with E-state index < -0.39 is 0 Å². The molecule has 1 N–H and O–H groups in total. The average molecular weight is 417 g/mol. The van der Waals surface area contributed by atoms with Gasteiger partial charge in [-0.15, -0.1) is 0 Å². The van der Waals surface area contributed by atoms with E-state index in [1.807, 2.05) is 44.2 Å². The molecule has 8 heteroatoms. The van der Waals surface area contributed by atoms with Crippen molar-refractivity contribution in [3.05, 3.63) is 41.2 Å². The Bertz CT molecular complexity index is 978. The van der Waals surface area contributed by atoms with Crippen LogP contribution in [0, 0.1) is 0 Å². The lowest BCUT2D eigenvalue weighted by Gasteiger charge is -2.28. The zero-order valence-electron chi connectivity index (χ0n) is 16.9. The third-order valence-corrected chi connectivity index (χ3v) is 4.74. The highest BCUT2D eigenvalue weighted by Gasteiger charge is 2.18. The largest absolute Gasteiger partial charge is 0.496 e. The van der Waals surface area contributed by atoms with Crippen molar-refractivity contribution in [1.82, 2.24) is 15.0 Å². The summed E-state index contributed by atoms with van der Waals surface area (Å²) in [7, 11) is 1.58. The van der Waals surface area contributed by atoms with Gasteiger partial charge in [0, 0.05) is 24.2 Å². The van der Waals surface area contributed by atoms with Crippen molar-refractivity contribution in [2.45, 2.75) is 20.5 Å². The topological polar surface area (TPSA) is 80.6 Å². The lowest BCUT2D eigenvalue weighted by Crippen LogP contribution is -2.37. The third-order valence-electron chi connectivity index (χ3n) is 4.57. The van der Waals surface area contributed by atoms with Crippen LogP contribution in [0.1, 0.15) is 19.4 Å². The highest BCUT2D eigenvalue weighted by molar-refractivity contribution is 6.28. The Morgan fingerprint density at radius 1 is 1.10 bits per heavy atom. The van der Waals surface area contributed by atoms with Crippen LogP contribution in [0.4, 0.5) is 5.82 Å². The van der Waals surface area contributed by atoms with Crippen LogP contribution in [0.2, 0.25) is 5.28 Å². The van der Waals surface area contributed by atoms with Crippen molar-refractivity contribution in [1.29, 1.82) is 0 Å². The normalized spacial score (nSPS) is 13.8. The molecule has 0 radical (unpaired) electrons. The molecule has 1 fully saturated rings. The second-order valence-electron chi connectivity index (χ2n) is 6.17. The highest BCUT2D eigenvalue weighted by atomic mass is 35.5. The number of nitrogens with zero attached hydrogens (tertiary/aromatic N) is 4. The maximum absolute atomic E-state index is 9.56. The van der Waals surface area contributed by atoms with E-state index in [1.165, 1.54) is 0 Å². The minimum atomic E-state index is -0.111. The fourth-order valence-electron chi connectivity index (χ4n) is 3.21. The summed E-state index contributed by atoms with van der Waals surface area (Å²) in [6.07, 6.45) is 0. The lowest BCUT2D eigenvalue weighted by molar-refractivity contribution is 0.122. The van der Waals surface area contributed by atoms with Crippen LogP contribution in [0.25, 0.3) is 22.3 Å². The van der Waals surface area contributed by atoms with Crippen molar-refractivity contribution < 1.29 is 14.6 Å². The van der Waals surface area contributed by atoms with E-state index in [0.717, 1.165) is 35.6 Å². The minimum Gasteiger partial charge on any atom is -0.496 e. The van der Waals surface area contributed by atoms with E-state index in [9.17, 15) is 5.11 Å². The van der Waals surface area contributed by atoms with E-state index in [-0.39, 0.29) is 11.9 Å². The van der Waals surface area contributed by atoms with Gasteiger partial charge < -0.3 is 19.5 Å². The van der Waals surface area contributed by atoms with Crippen LogP contribution in [0.3, 0.4) is 0 Å². The van der Waals surface area contributed by atoms with Crippen LogP contribution in [-0.4, -0.2) is 53.5 Å². The van der Waals surface area contributed by atoms with Gasteiger partial charge in [0.15, 0.2) is 5.65 Å². The molecule has 3 heterocycles. The van der Waals surface area contributed by atoms with Gasteiger partial charge in [-0.25, -0.2) is 4.98 Å². The monoisotopic (exact) mass is 416 g/mol. The molecule has 4 rings (SSSR count). The molecule has 0 unspecified atom stereocenters. The summed E-state index contributed by atoms with van der Waals surface area (Å²) in [4.78, 5) is 15.5. The summed E-state index contributed by atoms with van der Waals surface area (Å²) in [5.41, 5.74) is 2.84. The van der Waals surface area contributed by atoms with E-state index in [4.69, 9.17) is 21.1 Å². The number of methoxy groups -OCH3 is 1. The highest BCUT2D eigenvalue weighted by Crippen LogP contribution is 2.30. The van der Waals surface area contributed by atoms with Crippen molar-refractivity contribution in [3.63, 3.8) is 0 Å². The molecule has 7 nitrogen and oxygen atoms in total. The number of hydrogen-bond donors (Lipinski definition) is 1. The Morgan fingerprint density at radius 3 is 2.55 bits per heavy atom. The van der Waals surface area contributed by atoms with Gasteiger partial charge in [0.25, 0.3) is 0 Å². The number of fused-ring (bicyclic) bond motifs is 1. The quantitative estimate of drug-likeness (QED) is 0.649. The van der Waals surface area contributed by atoms with Gasteiger partial charge in [0.2, 0.25) is 5.28 Å². The summed E-state index contributed by atoms with van der Waals surface area (Å²) in [6.45, 7) is 6.71. The molecular formula is C21H25ClN4O3. The Balaban J connectivity index is 0.00000117. The maximum Gasteiger partial charge on any atom is 0.226 e. The Hall–Kier alpha value is -2.48. The Labute approximate surface area is 175 Å². The number of anilines is 1. The van der Waals surface area contributed by atoms with Crippen LogP contribution < -0.4 is 9.64 Å². The van der Waals surface area contributed by atoms with Crippen molar-refractivity contribution >= 4 is 28.5 Å². The summed E-state index contributed by atoms with van der Waals surface area (Å²) in [6, 6.07) is 9.46. The number of benzene rings is 1. The summed E-state index contributed by atoms with van der Waals surface area (Å²) in [5, 5.41) is 10.6. The Morgan fingerprint density at radius 2 is 1.86 bits per heavy atom. The molecule has 0 bridgehead atoms. The number of aliphatic hydroxyl groups is 1. The van der Waals surface area contributed by atoms with Crippen LogP contribution in [-0.2, 0) is 11.3 Å². The van der Waals surface area contributed by atoms with E-state index >= 15 is 0 Å². The average Bonchev–Trinajstić information content (AvgIpc) is 2.79. The SMILES string of the molecule is CC.COc1ccc(-c2ccc3c(N4CCOCC4)nc(Cl)nc3n2)cc1CO. The number of morpholine rings is 1. The maximum atomic E-state index is 9.56. The summed E-state index contributed by atoms with van der Waals surface area (Å²) >= 11 is 6.16. The molecule has 1 aliphatic heterocycles. The van der Waals surface area contributed by atoms with Gasteiger partial charge in [-0.1, -0.05) is 13.8 Å². The zero-order chi connectivity index (χ0) is 20.8. The molecule has 1 saturated heterocycles. The van der Waals surface area contributed by atoms with Crippen molar-refractivity contribution in [2.75, 3.05) is 38.3 Å². The number of ether oxygens (including phenoxy) is 2. The number of hydrogen-bond acceptors (Lipinski definition) is 7. The minimum absolute atomic E-state index is 0.111. The van der Waals surface area contributed by atoms with Gasteiger partial charge in [0.1, 0.15) is 11.6 Å². The second-order valence-corrected chi connectivity index (χ2v) is 6.51. The molecule has 1 aliphatic rings. The molecule has 1 aromatic carbocycles. The number of pyridine rings is 1. The molecule has 154 valence electrons. The first-order chi connectivity index (χ1) is 14.2. The molecule has 29 heavy (non-hydrogen) atoms. The number of halogens is 1. The summed E-state index contributed by atoms with van der Waals surface area (Å²) in [5.74, 6) is 1.42. The summed E-state index contributed by atoms with van der Waals surface area (Å²) < 4.78 is 10.7. The van der Waals surface area contributed by atoms with Crippen molar-refractivity contribution in [2.24, 2.45) is 0 Å². The molecular weight excluding hydrogens is 392 g/mol. The molecule has 2 aromatic heterocycles. The predicted octanol–water partition coefficient (Wildman–Crippen LogP) is 3.71. The standard InChI is InChI=1S/C19H19ClN4O3.C2H6/c1-26-16-5-2-12(10-13(16)11-25)15-4-3-14-17(21-15)22-19(20)23-18(14)24-6-8-27-9-7-24;1-2/h2-5,10,25H,6-9,11H2,1H3;1-2H3. The molecule has 3 aromatic rings. The van der Waals surface area contributed by atoms with E-state index in [2.05, 4.69) is 19.9 Å². The molecule has 0 amide bonds. The first-order valence-corrected chi connectivity index (χ1v) is 10.0. The number of rotatable bonds is 4. The van der Waals surface area contributed by atoms with Gasteiger partial charge in [0.05, 0.1) is 38.0 Å². The van der Waals surface area contributed by atoms with Crippen LogP contribution >= 0.6 is 11.6 Å². The van der Waals surface area contributed by atoms with Crippen LogP contribution in [0.15, 0.2) is 30.3 Å². The third kappa shape index (κ3) is 4.58. The first kappa shape index (κ1) is 21.2. The fourth-order valence-corrected chi connectivity index (χ4v) is 3.37. The zero-order valence-corrected chi connectivity index (χ0v) is 17.6. The Kier molecular flexibility index (Phi) is 7.19. The lowest BCUT2D eigenvalue weighted by atomic mass is 10.1. The van der Waals surface area contributed by atoms with Gasteiger partial charge in [-0.3, -0.25) is 0 Å². The van der Waals surface area contributed by atoms with Crippen LogP contribution in [0.5, 0.6) is 5.75 Å². The van der Waals surface area contributed by atoms with Gasteiger partial charge in [-0.05, 0) is 41.9 Å². The van der Waals surface area contributed by atoms with Gasteiger partial charge >= 0.3 is 0 Å². The molecule has 0 aliphatic carbocycles. The predicted molar refractivity (Wildman–Crippen MR) is 115 cm³/mol. The molecule has 0 atom stereocenters. The fraction of sp³-hybridized carbons (Fsp3) is 0.381. The number of aromatic nitrogens is 3. The molecule has 0 spiro atoms. The van der Waals surface area contributed by atoms with Crippen molar-refractivity contribution in [3.8, 4) is 17.0 Å². The first-order valence-electron chi connectivity index (χ1n) is 9.64. The smallest absolute Gasteiger partial charge is 0.226 e. The van der Waals surface area contributed by atoms with E-state index in [0.29, 0.717) is 30.2 Å². The second kappa shape index (κ2) is 9.82. The van der Waals surface area contributed by atoms with E-state index in [1.54, 1.807) is 7.11 Å². The number of aliphatic hydroxyl groups excluding tert-OH is 1.